The number of hydrogen-bond donors (Lipinski definition) is 0. The Hall–Kier alpha value is -1.90. The molecule has 1 heterocycles. The van der Waals surface area contributed by atoms with E-state index < -0.39 is 0 Å². The number of aryl methyl sites for hydroxylation is 1. The molecule has 0 spiro atoms. The summed E-state index contributed by atoms with van der Waals surface area (Å²) in [5, 5.41) is 0.810. The minimum Gasteiger partial charge on any atom is -0.311 e. The van der Waals surface area contributed by atoms with E-state index >= 15 is 0 Å². The summed E-state index contributed by atoms with van der Waals surface area (Å²) in [7, 11) is 1.69. The van der Waals surface area contributed by atoms with E-state index in [0.29, 0.717) is 5.56 Å². The van der Waals surface area contributed by atoms with E-state index in [1.165, 1.54) is 10.6 Å². The van der Waals surface area contributed by atoms with E-state index in [9.17, 15) is 9.59 Å². The third kappa shape index (κ3) is 1.14. The highest BCUT2D eigenvalue weighted by molar-refractivity contribution is 5.96. The molecule has 0 atom stereocenters. The Kier molecular flexibility index (Phi) is 1.93. The second-order valence-electron chi connectivity index (χ2n) is 3.13. The maximum Gasteiger partial charge on any atom is 0.250 e. The normalized spacial score (nSPS) is 10.4. The van der Waals surface area contributed by atoms with Crippen LogP contribution in [0.25, 0.3) is 10.9 Å². The summed E-state index contributed by atoms with van der Waals surface area (Å²) in [6.07, 6.45) is 0.798. The summed E-state index contributed by atoms with van der Waals surface area (Å²) < 4.78 is 1.53. The molecule has 0 aliphatic heterocycles. The van der Waals surface area contributed by atoms with Gasteiger partial charge in [-0.15, -0.1) is 0 Å². The Bertz CT molecular complexity index is 555. The van der Waals surface area contributed by atoms with Crippen molar-refractivity contribution in [3.8, 4) is 0 Å². The zero-order valence-corrected chi connectivity index (χ0v) is 7.73. The lowest BCUT2D eigenvalue weighted by Crippen LogP contribution is -2.15. The molecule has 0 bridgehead atoms. The highest BCUT2D eigenvalue weighted by Crippen LogP contribution is 2.14. The van der Waals surface area contributed by atoms with Crippen LogP contribution in [0.3, 0.4) is 0 Å². The van der Waals surface area contributed by atoms with Crippen molar-refractivity contribution in [3.05, 3.63) is 46.2 Å². The molecule has 2 aromatic rings. The summed E-state index contributed by atoms with van der Waals surface area (Å²) in [5.41, 5.74) is 1.32. The Labute approximate surface area is 80.6 Å². The first-order chi connectivity index (χ1) is 6.74. The molecule has 0 saturated heterocycles. The van der Waals surface area contributed by atoms with Gasteiger partial charge in [0.1, 0.15) is 0 Å². The minimum atomic E-state index is -0.0689. The van der Waals surface area contributed by atoms with E-state index in [4.69, 9.17) is 0 Å². The first-order valence-corrected chi connectivity index (χ1v) is 4.28. The summed E-state index contributed by atoms with van der Waals surface area (Å²) in [6, 6.07) is 8.48. The van der Waals surface area contributed by atoms with Gasteiger partial charge >= 0.3 is 0 Å². The van der Waals surface area contributed by atoms with Gasteiger partial charge in [-0.1, -0.05) is 12.1 Å². The molecule has 2 rings (SSSR count). The number of carbonyl (C=O) groups excluding carboxylic acids is 1. The molecule has 0 unspecified atom stereocenters. The van der Waals surface area contributed by atoms with Crippen molar-refractivity contribution in [2.75, 3.05) is 0 Å². The lowest BCUT2D eigenvalue weighted by atomic mass is 10.1. The number of rotatable bonds is 1. The van der Waals surface area contributed by atoms with E-state index in [0.717, 1.165) is 17.2 Å². The van der Waals surface area contributed by atoms with E-state index in [1.54, 1.807) is 25.2 Å². The number of carbonyl (C=O) groups is 1. The van der Waals surface area contributed by atoms with Gasteiger partial charge in [-0.05, 0) is 12.1 Å². The second kappa shape index (κ2) is 3.10. The molecule has 14 heavy (non-hydrogen) atoms. The molecule has 0 radical (unpaired) electrons. The summed E-state index contributed by atoms with van der Waals surface area (Å²) in [4.78, 5) is 22.0. The Morgan fingerprint density at radius 1 is 1.21 bits per heavy atom. The third-order valence-electron chi connectivity index (χ3n) is 2.33. The maximum absolute atomic E-state index is 11.3. The number of aldehydes is 1. The van der Waals surface area contributed by atoms with Crippen molar-refractivity contribution >= 4 is 17.2 Å². The molecule has 0 aliphatic carbocycles. The molecular weight excluding hydrogens is 178 g/mol. The maximum atomic E-state index is 11.3. The molecule has 3 nitrogen and oxygen atoms in total. The number of benzene rings is 1. The van der Waals surface area contributed by atoms with Gasteiger partial charge in [0.15, 0.2) is 6.29 Å². The van der Waals surface area contributed by atoms with Crippen LogP contribution in [-0.4, -0.2) is 10.9 Å². The van der Waals surface area contributed by atoms with Crippen molar-refractivity contribution in [3.63, 3.8) is 0 Å². The fourth-order valence-electron chi connectivity index (χ4n) is 1.53. The average molecular weight is 187 g/mol. The van der Waals surface area contributed by atoms with E-state index in [2.05, 4.69) is 0 Å². The van der Waals surface area contributed by atoms with Crippen LogP contribution in [0, 0.1) is 0 Å². The molecule has 0 fully saturated rings. The summed E-state index contributed by atoms with van der Waals surface area (Å²) in [5.74, 6) is 0. The molecule has 0 N–H and O–H groups in total. The predicted octanol–water partition coefficient (Wildman–Crippen LogP) is 1.35. The van der Waals surface area contributed by atoms with Gasteiger partial charge in [-0.3, -0.25) is 9.59 Å². The topological polar surface area (TPSA) is 39.1 Å². The van der Waals surface area contributed by atoms with Crippen LogP contribution in [-0.2, 0) is 7.05 Å². The lowest BCUT2D eigenvalue weighted by molar-refractivity contribution is 0.112. The minimum absolute atomic E-state index is 0.0689. The molecule has 0 amide bonds. The van der Waals surface area contributed by atoms with Crippen molar-refractivity contribution in [1.82, 2.24) is 4.57 Å². The lowest BCUT2D eigenvalue weighted by Gasteiger charge is -2.04. The van der Waals surface area contributed by atoms with Crippen LogP contribution in [0.5, 0.6) is 0 Å². The first kappa shape index (κ1) is 8.69. The number of fused-ring (bicyclic) bond motifs is 1. The third-order valence-corrected chi connectivity index (χ3v) is 2.33. The largest absolute Gasteiger partial charge is 0.311 e. The van der Waals surface area contributed by atoms with Crippen LogP contribution in [0.2, 0.25) is 0 Å². The molecule has 70 valence electrons. The number of pyridine rings is 1. The summed E-state index contributed by atoms with van der Waals surface area (Å²) >= 11 is 0. The van der Waals surface area contributed by atoms with Gasteiger partial charge < -0.3 is 4.57 Å². The van der Waals surface area contributed by atoms with Crippen LogP contribution < -0.4 is 5.56 Å². The van der Waals surface area contributed by atoms with Crippen LogP contribution in [0.1, 0.15) is 10.4 Å². The fourth-order valence-corrected chi connectivity index (χ4v) is 1.53. The fraction of sp³-hybridized carbons (Fsp3) is 0.0909. The van der Waals surface area contributed by atoms with Gasteiger partial charge in [0.25, 0.3) is 5.56 Å². The van der Waals surface area contributed by atoms with Crippen LogP contribution in [0.4, 0.5) is 0 Å². The quantitative estimate of drug-likeness (QED) is 0.632. The Morgan fingerprint density at radius 2 is 2.00 bits per heavy atom. The molecule has 1 aromatic carbocycles. The molecule has 3 heteroatoms. The zero-order chi connectivity index (χ0) is 10.1. The standard InChI is InChI=1S/C11H9NO2/c1-12-10-4-2-3-8(7-13)9(10)5-6-11(12)14/h2-7H,1H3. The smallest absolute Gasteiger partial charge is 0.250 e. The Balaban J connectivity index is 3.00. The van der Waals surface area contributed by atoms with Gasteiger partial charge in [0.05, 0.1) is 5.52 Å². The summed E-state index contributed by atoms with van der Waals surface area (Å²) in [6.45, 7) is 0. The number of nitrogens with zero attached hydrogens (tertiary/aromatic N) is 1. The van der Waals surface area contributed by atoms with Crippen LogP contribution in [0.15, 0.2) is 35.1 Å². The van der Waals surface area contributed by atoms with Crippen molar-refractivity contribution in [2.45, 2.75) is 0 Å². The van der Waals surface area contributed by atoms with Crippen molar-refractivity contribution in [1.29, 1.82) is 0 Å². The molecule has 0 aliphatic rings. The van der Waals surface area contributed by atoms with Gasteiger partial charge in [0.2, 0.25) is 0 Å². The van der Waals surface area contributed by atoms with E-state index in [1.807, 2.05) is 6.07 Å². The molecule has 0 saturated carbocycles. The zero-order valence-electron chi connectivity index (χ0n) is 7.73. The molecular formula is C11H9NO2. The highest BCUT2D eigenvalue weighted by atomic mass is 16.1. The van der Waals surface area contributed by atoms with Crippen molar-refractivity contribution in [2.24, 2.45) is 7.05 Å². The first-order valence-electron chi connectivity index (χ1n) is 4.28. The van der Waals surface area contributed by atoms with Crippen LogP contribution >= 0.6 is 0 Å². The number of aromatic nitrogens is 1. The predicted molar refractivity (Wildman–Crippen MR) is 54.6 cm³/mol. The van der Waals surface area contributed by atoms with Crippen molar-refractivity contribution < 1.29 is 4.79 Å². The monoisotopic (exact) mass is 187 g/mol. The van der Waals surface area contributed by atoms with Gasteiger partial charge in [-0.2, -0.15) is 0 Å². The highest BCUT2D eigenvalue weighted by Gasteiger charge is 2.02. The van der Waals surface area contributed by atoms with Gasteiger partial charge in [0, 0.05) is 24.1 Å². The SMILES string of the molecule is Cn1c(=O)ccc2c(C=O)cccc21. The van der Waals surface area contributed by atoms with Gasteiger partial charge in [-0.25, -0.2) is 0 Å². The average Bonchev–Trinajstić information content (AvgIpc) is 2.23. The Morgan fingerprint density at radius 3 is 2.71 bits per heavy atom. The second-order valence-corrected chi connectivity index (χ2v) is 3.13. The molecule has 1 aromatic heterocycles. The number of hydrogen-bond acceptors (Lipinski definition) is 2. The van der Waals surface area contributed by atoms with E-state index in [-0.39, 0.29) is 5.56 Å².